The van der Waals surface area contributed by atoms with Gasteiger partial charge in [-0.3, -0.25) is 4.98 Å². The number of nitrogens with zero attached hydrogens (tertiary/aromatic N) is 1. The zero-order valence-electron chi connectivity index (χ0n) is 9.76. The van der Waals surface area contributed by atoms with Crippen LogP contribution in [0, 0.1) is 0 Å². The van der Waals surface area contributed by atoms with Gasteiger partial charge in [-0.05, 0) is 18.2 Å². The molecule has 3 nitrogen and oxygen atoms in total. The van der Waals surface area contributed by atoms with E-state index in [4.69, 9.17) is 20.8 Å². The summed E-state index contributed by atoms with van der Waals surface area (Å²) in [4.78, 5) is 5.20. The molecule has 0 radical (unpaired) electrons. The van der Waals surface area contributed by atoms with Crippen molar-refractivity contribution in [1.82, 2.24) is 4.98 Å². The summed E-state index contributed by atoms with van der Waals surface area (Å²) in [7, 11) is 1.63. The number of ether oxygens (including phenoxy) is 1. The highest BCUT2D eigenvalue weighted by molar-refractivity contribution is 7.98. The first kappa shape index (κ1) is 15.2. The third-order valence-electron chi connectivity index (χ3n) is 2.22. The Balaban J connectivity index is 0.00000162. The van der Waals surface area contributed by atoms with Gasteiger partial charge in [-0.15, -0.1) is 35.8 Å². The lowest BCUT2D eigenvalue weighted by Crippen LogP contribution is -1.95. The molecule has 0 bridgehead atoms. The fraction of sp³-hybridized carbons (Fsp3) is 0.250. The van der Waals surface area contributed by atoms with Gasteiger partial charge in [0.1, 0.15) is 5.76 Å². The number of pyridine rings is 1. The number of methoxy groups -OCH3 is 1. The molecule has 0 fully saturated rings. The molecule has 0 aromatic carbocycles. The van der Waals surface area contributed by atoms with E-state index < -0.39 is 0 Å². The molecule has 0 amide bonds. The second-order valence-corrected chi connectivity index (χ2v) is 4.58. The van der Waals surface area contributed by atoms with Gasteiger partial charge in [0.25, 0.3) is 0 Å². The van der Waals surface area contributed by atoms with E-state index in [1.807, 2.05) is 18.2 Å². The van der Waals surface area contributed by atoms with Gasteiger partial charge in [0, 0.05) is 6.20 Å². The van der Waals surface area contributed by atoms with Gasteiger partial charge >= 0.3 is 0 Å². The fourth-order valence-corrected chi connectivity index (χ4v) is 2.58. The van der Waals surface area contributed by atoms with Crippen LogP contribution < -0.4 is 4.74 Å². The van der Waals surface area contributed by atoms with Crippen LogP contribution in [0.15, 0.2) is 40.0 Å². The van der Waals surface area contributed by atoms with E-state index in [9.17, 15) is 0 Å². The molecule has 0 atom stereocenters. The van der Waals surface area contributed by atoms with Gasteiger partial charge in [0.15, 0.2) is 5.75 Å². The molecule has 2 rings (SSSR count). The van der Waals surface area contributed by atoms with E-state index in [-0.39, 0.29) is 12.4 Å². The summed E-state index contributed by atoms with van der Waals surface area (Å²) >= 11 is 7.45. The smallest absolute Gasteiger partial charge is 0.155 e. The van der Waals surface area contributed by atoms with Crippen LogP contribution in [-0.2, 0) is 11.6 Å². The summed E-state index contributed by atoms with van der Waals surface area (Å²) in [6.45, 7) is 0. The number of hydrogen-bond donors (Lipinski definition) is 0. The van der Waals surface area contributed by atoms with Crippen LogP contribution in [0.1, 0.15) is 11.5 Å². The first-order valence-electron chi connectivity index (χ1n) is 5.08. The number of hydrogen-bond acceptors (Lipinski definition) is 4. The predicted octanol–water partition coefficient (Wildman–Crippen LogP) is 4.14. The van der Waals surface area contributed by atoms with Crippen LogP contribution in [0.2, 0.25) is 0 Å². The third-order valence-corrected chi connectivity index (χ3v) is 3.54. The van der Waals surface area contributed by atoms with Gasteiger partial charge in [-0.1, -0.05) is 0 Å². The van der Waals surface area contributed by atoms with Crippen LogP contribution in [-0.4, -0.2) is 12.1 Å². The Morgan fingerprint density at radius 1 is 1.44 bits per heavy atom. The molecule has 0 aliphatic carbocycles. The van der Waals surface area contributed by atoms with Crippen LogP contribution in [0.3, 0.4) is 0 Å². The minimum absolute atomic E-state index is 0. The Morgan fingerprint density at radius 3 is 2.89 bits per heavy atom. The number of thioether (sulfide) groups is 1. The zero-order valence-corrected chi connectivity index (χ0v) is 12.1. The van der Waals surface area contributed by atoms with Crippen molar-refractivity contribution in [3.05, 3.63) is 42.1 Å². The van der Waals surface area contributed by atoms with E-state index in [1.165, 1.54) is 0 Å². The molecule has 0 aliphatic heterocycles. The van der Waals surface area contributed by atoms with Crippen molar-refractivity contribution < 1.29 is 9.15 Å². The predicted molar refractivity (Wildman–Crippen MR) is 75.9 cm³/mol. The number of alkyl halides is 1. The Kier molecular flexibility index (Phi) is 6.39. The van der Waals surface area contributed by atoms with E-state index in [0.29, 0.717) is 5.88 Å². The molecule has 0 spiro atoms. The summed E-state index contributed by atoms with van der Waals surface area (Å²) in [5.74, 6) is 2.79. The van der Waals surface area contributed by atoms with Crippen molar-refractivity contribution in [3.63, 3.8) is 0 Å². The van der Waals surface area contributed by atoms with Crippen LogP contribution in [0.25, 0.3) is 0 Å². The quantitative estimate of drug-likeness (QED) is 0.614. The molecule has 98 valence electrons. The molecule has 0 unspecified atom stereocenters. The highest BCUT2D eigenvalue weighted by Gasteiger charge is 2.10. The summed E-state index contributed by atoms with van der Waals surface area (Å²) in [5, 5.41) is 0. The van der Waals surface area contributed by atoms with Crippen molar-refractivity contribution in [2.24, 2.45) is 0 Å². The fourth-order valence-electron chi connectivity index (χ4n) is 1.44. The van der Waals surface area contributed by atoms with Crippen molar-refractivity contribution in [1.29, 1.82) is 0 Å². The maximum Gasteiger partial charge on any atom is 0.155 e. The minimum Gasteiger partial charge on any atom is -0.494 e. The van der Waals surface area contributed by atoms with Gasteiger partial charge in [0.05, 0.1) is 35.6 Å². The minimum atomic E-state index is 0. The maximum atomic E-state index is 5.81. The molecule has 6 heteroatoms. The van der Waals surface area contributed by atoms with Crippen molar-refractivity contribution in [3.8, 4) is 5.75 Å². The Labute approximate surface area is 121 Å². The van der Waals surface area contributed by atoms with Gasteiger partial charge in [-0.2, -0.15) is 0 Å². The second kappa shape index (κ2) is 7.56. The maximum absolute atomic E-state index is 5.81. The monoisotopic (exact) mass is 305 g/mol. The van der Waals surface area contributed by atoms with Gasteiger partial charge in [-0.25, -0.2) is 0 Å². The zero-order chi connectivity index (χ0) is 12.1. The van der Waals surface area contributed by atoms with Crippen LogP contribution in [0.4, 0.5) is 0 Å². The number of furan rings is 1. The number of aromatic nitrogens is 1. The largest absolute Gasteiger partial charge is 0.494 e. The molecule has 2 aromatic rings. The van der Waals surface area contributed by atoms with Gasteiger partial charge in [0.2, 0.25) is 0 Å². The molecule has 0 saturated heterocycles. The van der Waals surface area contributed by atoms with Crippen LogP contribution in [0.5, 0.6) is 5.75 Å². The molecule has 2 heterocycles. The summed E-state index contributed by atoms with van der Waals surface area (Å²) < 4.78 is 10.6. The lowest BCUT2D eigenvalue weighted by Gasteiger charge is -2.09. The Hall–Kier alpha value is -0.840. The molecule has 0 N–H and O–H groups in total. The molecular weight excluding hydrogens is 293 g/mol. The lowest BCUT2D eigenvalue weighted by atomic mass is 10.3. The normalized spacial score (nSPS) is 9.89. The molecule has 2 aromatic heterocycles. The molecule has 0 aliphatic rings. The first-order chi connectivity index (χ1) is 8.35. The Morgan fingerprint density at radius 2 is 2.28 bits per heavy atom. The number of rotatable bonds is 5. The van der Waals surface area contributed by atoms with E-state index >= 15 is 0 Å². The SMILES string of the molecule is COc1c(SCc2ccco2)ccnc1CCl.Cl. The van der Waals surface area contributed by atoms with E-state index in [0.717, 1.165) is 27.9 Å². The van der Waals surface area contributed by atoms with Gasteiger partial charge < -0.3 is 9.15 Å². The second-order valence-electron chi connectivity index (χ2n) is 3.29. The van der Waals surface area contributed by atoms with Crippen molar-refractivity contribution >= 4 is 35.8 Å². The lowest BCUT2D eigenvalue weighted by molar-refractivity contribution is 0.398. The first-order valence-corrected chi connectivity index (χ1v) is 6.60. The number of halogens is 2. The summed E-state index contributed by atoms with van der Waals surface area (Å²) in [5.41, 5.74) is 0.763. The van der Waals surface area contributed by atoms with Crippen molar-refractivity contribution in [2.45, 2.75) is 16.5 Å². The summed E-state index contributed by atoms with van der Waals surface area (Å²) in [6, 6.07) is 5.75. The summed E-state index contributed by atoms with van der Waals surface area (Å²) in [6.07, 6.45) is 3.41. The van der Waals surface area contributed by atoms with Crippen molar-refractivity contribution in [2.75, 3.05) is 7.11 Å². The Bertz CT molecular complexity index is 477. The van der Waals surface area contributed by atoms with E-state index in [1.54, 1.807) is 31.3 Å². The topological polar surface area (TPSA) is 35.3 Å². The van der Waals surface area contributed by atoms with E-state index in [2.05, 4.69) is 4.98 Å². The molecule has 0 saturated carbocycles. The standard InChI is InChI=1S/C12H12ClNO2S.ClH/c1-15-12-10(7-13)14-5-4-11(12)17-8-9-3-2-6-16-9;/h2-6H,7-8H2,1H3;1H. The highest BCUT2D eigenvalue weighted by atomic mass is 35.5. The average molecular weight is 306 g/mol. The third kappa shape index (κ3) is 3.57. The average Bonchev–Trinajstić information content (AvgIpc) is 2.88. The van der Waals surface area contributed by atoms with Crippen LogP contribution >= 0.6 is 35.8 Å². The molecular formula is C12H13Cl2NO2S. The highest BCUT2D eigenvalue weighted by Crippen LogP contribution is 2.33. The molecule has 18 heavy (non-hydrogen) atoms.